The van der Waals surface area contributed by atoms with Crippen LogP contribution in [0.25, 0.3) is 11.2 Å². The number of nitrogens with zero attached hydrogens (tertiary/aromatic N) is 4. The molecule has 0 fully saturated rings. The third kappa shape index (κ3) is 2.13. The lowest BCUT2D eigenvalue weighted by atomic mass is 10.2. The molecule has 2 aromatic heterocycles. The number of aromatic nitrogens is 4. The minimum Gasteiger partial charge on any atom is -0.369 e. The molecule has 6 heteroatoms. The number of nitrogen functional groups attached to an aromatic ring is 1. The number of aryl methyl sites for hydroxylation is 3. The lowest BCUT2D eigenvalue weighted by molar-refractivity contribution is 0.705. The molecule has 0 aliphatic carbocycles. The average Bonchev–Trinajstić information content (AvgIpc) is 2.76. The molecule has 0 aliphatic heterocycles. The van der Waals surface area contributed by atoms with E-state index in [2.05, 4.69) is 27.8 Å². The normalized spacial score (nSPS) is 11.5. The van der Waals surface area contributed by atoms with Crippen molar-refractivity contribution in [3.63, 3.8) is 0 Å². The van der Waals surface area contributed by atoms with Crippen LogP contribution in [-0.4, -0.2) is 31.3 Å². The molecular weight excluding hydrogens is 234 g/mol. The largest absolute Gasteiger partial charge is 0.369 e. The van der Waals surface area contributed by atoms with Gasteiger partial charge in [0.05, 0.1) is 5.69 Å². The van der Waals surface area contributed by atoms with E-state index in [4.69, 9.17) is 5.73 Å². The topological polar surface area (TPSA) is 61.7 Å². The first-order valence-electron chi connectivity index (χ1n) is 5.85. The number of hydrogen-bond acceptors (Lipinski definition) is 4. The smallest absolute Gasteiger partial charge is 0.202 e. The number of hydrogen-bond donors (Lipinski definition) is 1. The third-order valence-electron chi connectivity index (χ3n) is 2.83. The van der Waals surface area contributed by atoms with Crippen LogP contribution in [0.5, 0.6) is 0 Å². The molecule has 0 amide bonds. The van der Waals surface area contributed by atoms with Crippen LogP contribution in [0.4, 0.5) is 5.95 Å². The van der Waals surface area contributed by atoms with E-state index in [-0.39, 0.29) is 0 Å². The fourth-order valence-electron chi connectivity index (χ4n) is 2.07. The summed E-state index contributed by atoms with van der Waals surface area (Å²) in [6, 6.07) is 0. The van der Waals surface area contributed by atoms with Gasteiger partial charge in [-0.1, -0.05) is 13.3 Å². The molecule has 0 saturated heterocycles. The number of fused-ring (bicyclic) bond motifs is 1. The van der Waals surface area contributed by atoms with Gasteiger partial charge in [0.2, 0.25) is 5.95 Å². The average molecular weight is 253 g/mol. The Labute approximate surface area is 105 Å². The van der Waals surface area contributed by atoms with Crippen LogP contribution in [0, 0.1) is 0 Å². The van der Waals surface area contributed by atoms with E-state index in [9.17, 15) is 0 Å². The quantitative estimate of drug-likeness (QED) is 0.880. The van der Waals surface area contributed by atoms with Crippen molar-refractivity contribution in [1.29, 1.82) is 0 Å². The van der Waals surface area contributed by atoms with Gasteiger partial charge >= 0.3 is 0 Å². The Bertz CT molecular complexity index is 513. The van der Waals surface area contributed by atoms with Gasteiger partial charge in [-0.3, -0.25) is 9.25 Å². The van der Waals surface area contributed by atoms with E-state index in [0.29, 0.717) is 5.95 Å². The maximum absolute atomic E-state index is 5.97. The zero-order chi connectivity index (χ0) is 12.4. The summed E-state index contributed by atoms with van der Waals surface area (Å²) in [5, 5.41) is 4.52. The minimum absolute atomic E-state index is 0.597. The Morgan fingerprint density at radius 1 is 1.41 bits per heavy atom. The van der Waals surface area contributed by atoms with Crippen LogP contribution < -0.4 is 5.73 Å². The summed E-state index contributed by atoms with van der Waals surface area (Å²) in [7, 11) is 1.96. The molecule has 17 heavy (non-hydrogen) atoms. The predicted molar refractivity (Wildman–Crippen MR) is 73.3 cm³/mol. The molecule has 0 spiro atoms. The SMILES string of the molecule is CCCc1nn(C)c2c1nc(N)n2CCSC. The molecule has 0 aromatic carbocycles. The summed E-state index contributed by atoms with van der Waals surface area (Å²) in [5.74, 6) is 1.63. The summed E-state index contributed by atoms with van der Waals surface area (Å²) >= 11 is 1.81. The van der Waals surface area contributed by atoms with E-state index < -0.39 is 0 Å². The van der Waals surface area contributed by atoms with Crippen LogP contribution in [0.2, 0.25) is 0 Å². The summed E-state index contributed by atoms with van der Waals surface area (Å²) in [5.41, 5.74) is 9.04. The first-order chi connectivity index (χ1) is 8.19. The minimum atomic E-state index is 0.597. The fraction of sp³-hybridized carbons (Fsp3) is 0.636. The molecule has 0 radical (unpaired) electrons. The van der Waals surface area contributed by atoms with E-state index in [1.807, 2.05) is 11.7 Å². The predicted octanol–water partition coefficient (Wildman–Crippen LogP) is 1.67. The highest BCUT2D eigenvalue weighted by Gasteiger charge is 2.16. The van der Waals surface area contributed by atoms with Crippen molar-refractivity contribution in [1.82, 2.24) is 19.3 Å². The highest BCUT2D eigenvalue weighted by atomic mass is 32.2. The van der Waals surface area contributed by atoms with E-state index >= 15 is 0 Å². The Kier molecular flexibility index (Phi) is 3.61. The van der Waals surface area contributed by atoms with E-state index in [1.165, 1.54) is 0 Å². The summed E-state index contributed by atoms with van der Waals surface area (Å²) < 4.78 is 3.95. The number of imidazole rings is 1. The Morgan fingerprint density at radius 2 is 2.18 bits per heavy atom. The number of thioether (sulfide) groups is 1. The van der Waals surface area contributed by atoms with Gasteiger partial charge in [0.1, 0.15) is 5.52 Å². The molecule has 0 unspecified atom stereocenters. The second-order valence-electron chi connectivity index (χ2n) is 4.11. The molecule has 0 saturated carbocycles. The van der Waals surface area contributed by atoms with Gasteiger partial charge in [-0.25, -0.2) is 4.98 Å². The summed E-state index contributed by atoms with van der Waals surface area (Å²) in [6.45, 7) is 3.03. The zero-order valence-corrected chi connectivity index (χ0v) is 11.4. The van der Waals surface area contributed by atoms with Crippen molar-refractivity contribution in [3.8, 4) is 0 Å². The number of rotatable bonds is 5. The van der Waals surface area contributed by atoms with Gasteiger partial charge in [-0.2, -0.15) is 16.9 Å². The van der Waals surface area contributed by atoms with Crippen LogP contribution >= 0.6 is 11.8 Å². The van der Waals surface area contributed by atoms with Crippen molar-refractivity contribution in [2.24, 2.45) is 7.05 Å². The highest BCUT2D eigenvalue weighted by molar-refractivity contribution is 7.98. The Hall–Kier alpha value is -1.17. The molecule has 2 N–H and O–H groups in total. The standard InChI is InChI=1S/C11H19N5S/c1-4-5-8-9-10(15(2)14-8)16(6-7-17-3)11(12)13-9/h4-7H2,1-3H3,(H2,12,13). The van der Waals surface area contributed by atoms with Gasteiger partial charge in [0.15, 0.2) is 5.65 Å². The Balaban J connectivity index is 2.49. The lowest BCUT2D eigenvalue weighted by Gasteiger charge is -2.04. The van der Waals surface area contributed by atoms with Gasteiger partial charge < -0.3 is 5.73 Å². The van der Waals surface area contributed by atoms with Crippen LogP contribution in [0.3, 0.4) is 0 Å². The zero-order valence-electron chi connectivity index (χ0n) is 10.6. The second-order valence-corrected chi connectivity index (χ2v) is 5.09. The maximum Gasteiger partial charge on any atom is 0.202 e. The molecule has 0 bridgehead atoms. The molecule has 5 nitrogen and oxygen atoms in total. The summed E-state index contributed by atoms with van der Waals surface area (Å²) in [6.07, 6.45) is 4.12. The van der Waals surface area contributed by atoms with E-state index in [1.54, 1.807) is 11.8 Å². The van der Waals surface area contributed by atoms with Gasteiger partial charge in [-0.15, -0.1) is 0 Å². The molecular formula is C11H19N5S. The van der Waals surface area contributed by atoms with Crippen molar-refractivity contribution in [3.05, 3.63) is 5.69 Å². The van der Waals surface area contributed by atoms with Gasteiger partial charge in [0, 0.05) is 19.3 Å². The van der Waals surface area contributed by atoms with Crippen molar-refractivity contribution in [2.75, 3.05) is 17.7 Å². The first-order valence-corrected chi connectivity index (χ1v) is 7.25. The van der Waals surface area contributed by atoms with Crippen LogP contribution in [0.15, 0.2) is 0 Å². The summed E-state index contributed by atoms with van der Waals surface area (Å²) in [4.78, 5) is 4.45. The van der Waals surface area contributed by atoms with Gasteiger partial charge in [-0.05, 0) is 12.7 Å². The molecule has 0 aliphatic rings. The maximum atomic E-state index is 5.97. The van der Waals surface area contributed by atoms with E-state index in [0.717, 1.165) is 42.0 Å². The van der Waals surface area contributed by atoms with Crippen molar-refractivity contribution in [2.45, 2.75) is 26.3 Å². The molecule has 94 valence electrons. The van der Waals surface area contributed by atoms with Gasteiger partial charge in [0.25, 0.3) is 0 Å². The number of nitrogens with two attached hydrogens (primary N) is 1. The Morgan fingerprint density at radius 3 is 2.82 bits per heavy atom. The molecule has 2 aromatic rings. The molecule has 2 rings (SSSR count). The van der Waals surface area contributed by atoms with Crippen molar-refractivity contribution >= 4 is 28.9 Å². The molecule has 0 atom stereocenters. The third-order valence-corrected chi connectivity index (χ3v) is 3.42. The molecule has 2 heterocycles. The monoisotopic (exact) mass is 253 g/mol. The highest BCUT2D eigenvalue weighted by Crippen LogP contribution is 2.22. The first kappa shape index (κ1) is 12.3. The lowest BCUT2D eigenvalue weighted by Crippen LogP contribution is -2.08. The second kappa shape index (κ2) is 5.00. The van der Waals surface area contributed by atoms with Crippen LogP contribution in [0.1, 0.15) is 19.0 Å². The fourth-order valence-corrected chi connectivity index (χ4v) is 2.43. The van der Waals surface area contributed by atoms with Crippen LogP contribution in [-0.2, 0) is 20.0 Å². The van der Waals surface area contributed by atoms with Crippen molar-refractivity contribution < 1.29 is 0 Å². The number of anilines is 1.